The second-order valence-corrected chi connectivity index (χ2v) is 5.07. The fourth-order valence-electron chi connectivity index (χ4n) is 2.94. The maximum Gasteiger partial charge on any atom is 0.278 e. The van der Waals surface area contributed by atoms with Gasteiger partial charge in [-0.25, -0.2) is 0 Å². The number of benzene rings is 3. The molecule has 23 heavy (non-hydrogen) atoms. The topological polar surface area (TPSA) is 102 Å². The van der Waals surface area contributed by atoms with Crippen molar-refractivity contribution in [3.8, 4) is 11.5 Å². The zero-order valence-electron chi connectivity index (χ0n) is 11.6. The first-order valence-corrected chi connectivity index (χ1v) is 6.71. The molecular weight excluding hydrogens is 302 g/mol. The molecule has 0 saturated carbocycles. The van der Waals surface area contributed by atoms with Gasteiger partial charge in [-0.05, 0) is 16.8 Å². The zero-order chi connectivity index (χ0) is 16.1. The normalized spacial score (nSPS) is 12.7. The molecule has 1 aliphatic heterocycles. The Bertz CT molecular complexity index is 1010. The fourth-order valence-corrected chi connectivity index (χ4v) is 2.94. The Morgan fingerprint density at radius 2 is 1.91 bits per heavy atom. The highest BCUT2D eigenvalue weighted by Gasteiger charge is 2.27. The van der Waals surface area contributed by atoms with Gasteiger partial charge in [0.25, 0.3) is 5.69 Å². The number of hydrogen-bond acceptors (Lipinski definition) is 6. The van der Waals surface area contributed by atoms with Gasteiger partial charge in [0.1, 0.15) is 0 Å². The molecule has 0 amide bonds. The van der Waals surface area contributed by atoms with Crippen LogP contribution >= 0.6 is 0 Å². The van der Waals surface area contributed by atoms with Crippen molar-refractivity contribution in [1.29, 1.82) is 0 Å². The quantitative estimate of drug-likeness (QED) is 0.407. The van der Waals surface area contributed by atoms with Crippen LogP contribution in [0.4, 0.5) is 5.69 Å². The number of carbonyl (C=O) groups is 1. The van der Waals surface area contributed by atoms with Crippen LogP contribution in [-0.2, 0) is 0 Å². The van der Waals surface area contributed by atoms with Crippen molar-refractivity contribution >= 4 is 33.2 Å². The highest BCUT2D eigenvalue weighted by atomic mass is 16.7. The summed E-state index contributed by atoms with van der Waals surface area (Å²) in [6, 6.07) is 9.55. The number of nitrogens with zero attached hydrogens (tertiary/aromatic N) is 1. The lowest BCUT2D eigenvalue weighted by atomic mass is 9.95. The van der Waals surface area contributed by atoms with E-state index in [9.17, 15) is 20.0 Å². The van der Waals surface area contributed by atoms with Crippen LogP contribution in [0.3, 0.4) is 0 Å². The van der Waals surface area contributed by atoms with Gasteiger partial charge in [0.05, 0.1) is 16.3 Å². The van der Waals surface area contributed by atoms with E-state index in [-0.39, 0.29) is 29.2 Å². The number of hydrogen-bond donors (Lipinski definition) is 0. The molecule has 0 radical (unpaired) electrons. The fraction of sp³-hybridized carbons (Fsp3) is 0.0625. The summed E-state index contributed by atoms with van der Waals surface area (Å²) in [5, 5.41) is 24.5. The SMILES string of the molecule is O=C([O-])c1cc2c(c3c1c([N+](=O)[O-])cc1ccccc13)OCO2. The smallest absolute Gasteiger partial charge is 0.278 e. The van der Waals surface area contributed by atoms with E-state index in [2.05, 4.69) is 0 Å². The molecule has 0 fully saturated rings. The third-order valence-electron chi connectivity index (χ3n) is 3.86. The van der Waals surface area contributed by atoms with E-state index < -0.39 is 10.9 Å². The highest BCUT2D eigenvalue weighted by Crippen LogP contribution is 2.47. The van der Waals surface area contributed by atoms with E-state index in [0.717, 1.165) is 0 Å². The lowest BCUT2D eigenvalue weighted by Crippen LogP contribution is -2.22. The molecule has 0 N–H and O–H groups in total. The first-order valence-electron chi connectivity index (χ1n) is 6.71. The lowest BCUT2D eigenvalue weighted by molar-refractivity contribution is -0.383. The summed E-state index contributed by atoms with van der Waals surface area (Å²) in [6.07, 6.45) is 0. The number of ether oxygens (including phenoxy) is 2. The number of aromatic carboxylic acids is 1. The Morgan fingerprint density at radius 1 is 1.13 bits per heavy atom. The molecule has 0 aliphatic carbocycles. The summed E-state index contributed by atoms with van der Waals surface area (Å²) in [5.41, 5.74) is -0.599. The van der Waals surface area contributed by atoms with Crippen molar-refractivity contribution in [1.82, 2.24) is 0 Å². The lowest BCUT2D eigenvalue weighted by Gasteiger charge is -2.13. The third kappa shape index (κ3) is 1.80. The number of carboxylic acids is 1. The predicted octanol–water partition coefficient (Wildman–Crippen LogP) is 1.99. The van der Waals surface area contributed by atoms with E-state index in [1.165, 1.54) is 12.1 Å². The Hall–Kier alpha value is -3.35. The average molecular weight is 310 g/mol. The van der Waals surface area contributed by atoms with Crippen LogP contribution in [0.5, 0.6) is 11.5 Å². The van der Waals surface area contributed by atoms with Crippen molar-refractivity contribution in [2.75, 3.05) is 6.79 Å². The van der Waals surface area contributed by atoms with Gasteiger partial charge in [-0.3, -0.25) is 10.1 Å². The maximum absolute atomic E-state index is 11.5. The van der Waals surface area contributed by atoms with Crippen LogP contribution in [0, 0.1) is 10.1 Å². The summed E-state index contributed by atoms with van der Waals surface area (Å²) < 4.78 is 10.7. The number of nitro benzene ring substituents is 1. The molecule has 1 heterocycles. The summed E-state index contributed by atoms with van der Waals surface area (Å²) in [6.45, 7) is -0.0715. The first-order chi connectivity index (χ1) is 11.1. The van der Waals surface area contributed by atoms with Crippen LogP contribution in [0.15, 0.2) is 36.4 Å². The summed E-state index contributed by atoms with van der Waals surface area (Å²) >= 11 is 0. The largest absolute Gasteiger partial charge is 0.545 e. The van der Waals surface area contributed by atoms with Crippen molar-refractivity contribution < 1.29 is 24.3 Å². The second-order valence-electron chi connectivity index (χ2n) is 5.07. The third-order valence-corrected chi connectivity index (χ3v) is 3.86. The maximum atomic E-state index is 11.5. The Labute approximate surface area is 128 Å². The minimum atomic E-state index is -1.51. The van der Waals surface area contributed by atoms with E-state index in [1.807, 2.05) is 0 Å². The van der Waals surface area contributed by atoms with Gasteiger partial charge >= 0.3 is 0 Å². The van der Waals surface area contributed by atoms with Crippen LogP contribution < -0.4 is 14.6 Å². The zero-order valence-corrected chi connectivity index (χ0v) is 11.6. The molecule has 3 aromatic rings. The van der Waals surface area contributed by atoms with E-state index in [4.69, 9.17) is 9.47 Å². The Morgan fingerprint density at radius 3 is 2.65 bits per heavy atom. The summed E-state index contributed by atoms with van der Waals surface area (Å²) in [7, 11) is 0. The van der Waals surface area contributed by atoms with Crippen LogP contribution in [-0.4, -0.2) is 17.7 Å². The van der Waals surface area contributed by atoms with E-state index >= 15 is 0 Å². The Kier molecular flexibility index (Phi) is 2.65. The molecule has 7 nitrogen and oxygen atoms in total. The van der Waals surface area contributed by atoms with Crippen LogP contribution in [0.25, 0.3) is 21.5 Å². The number of non-ortho nitro benzene ring substituents is 1. The minimum absolute atomic E-state index is 0.0158. The molecule has 0 atom stereocenters. The molecule has 3 aromatic carbocycles. The monoisotopic (exact) mass is 310 g/mol. The van der Waals surface area contributed by atoms with Gasteiger partial charge in [-0.15, -0.1) is 0 Å². The second kappa shape index (κ2) is 4.57. The molecule has 0 bridgehead atoms. The summed E-state index contributed by atoms with van der Waals surface area (Å²) in [5.74, 6) is -0.959. The van der Waals surface area contributed by atoms with Crippen molar-refractivity contribution in [2.24, 2.45) is 0 Å². The van der Waals surface area contributed by atoms with Crippen molar-refractivity contribution in [2.45, 2.75) is 0 Å². The average Bonchev–Trinajstić information content (AvgIpc) is 3.00. The van der Waals surface area contributed by atoms with E-state index in [0.29, 0.717) is 21.9 Å². The van der Waals surface area contributed by atoms with Crippen LogP contribution in [0.2, 0.25) is 0 Å². The Balaban J connectivity index is 2.34. The van der Waals surface area contributed by atoms with Gasteiger partial charge in [-0.2, -0.15) is 0 Å². The molecule has 0 unspecified atom stereocenters. The van der Waals surface area contributed by atoms with Gasteiger partial charge in [0.2, 0.25) is 6.79 Å². The molecule has 0 spiro atoms. The number of nitro groups is 1. The molecule has 0 aromatic heterocycles. The molecule has 1 aliphatic rings. The molecule has 7 heteroatoms. The van der Waals surface area contributed by atoms with Crippen molar-refractivity contribution in [3.63, 3.8) is 0 Å². The van der Waals surface area contributed by atoms with E-state index in [1.54, 1.807) is 24.3 Å². The first kappa shape index (κ1) is 13.3. The van der Waals surface area contributed by atoms with Gasteiger partial charge < -0.3 is 19.4 Å². The number of rotatable bonds is 2. The number of fused-ring (bicyclic) bond motifs is 5. The van der Waals surface area contributed by atoms with Gasteiger partial charge in [-0.1, -0.05) is 24.3 Å². The predicted molar refractivity (Wildman–Crippen MR) is 78.6 cm³/mol. The molecular formula is C16H8NO6-. The number of carbonyl (C=O) groups excluding carboxylic acids is 1. The number of carboxylic acid groups (broad SMARTS) is 1. The van der Waals surface area contributed by atoms with Crippen molar-refractivity contribution in [3.05, 3.63) is 52.1 Å². The van der Waals surface area contributed by atoms with Gasteiger partial charge in [0, 0.05) is 17.0 Å². The highest BCUT2D eigenvalue weighted by molar-refractivity contribution is 6.20. The van der Waals surface area contributed by atoms with Gasteiger partial charge in [0.15, 0.2) is 11.5 Å². The molecule has 0 saturated heterocycles. The standard InChI is InChI=1S/C16H9NO6/c18-16(19)10-6-12-15(23-7-22-12)14-9-4-2-1-3-8(9)5-11(13(10)14)17(20)21/h1-6H,7H2,(H,18,19)/p-1. The molecule has 114 valence electrons. The summed E-state index contributed by atoms with van der Waals surface area (Å²) in [4.78, 5) is 22.3. The molecule has 4 rings (SSSR count). The van der Waals surface area contributed by atoms with Crippen LogP contribution in [0.1, 0.15) is 10.4 Å². The minimum Gasteiger partial charge on any atom is -0.545 e.